The molecule has 0 radical (unpaired) electrons. The van der Waals surface area contributed by atoms with Crippen molar-refractivity contribution < 1.29 is 41.0 Å². The Hall–Kier alpha value is -5.82. The number of rotatable bonds is 8. The van der Waals surface area contributed by atoms with Gasteiger partial charge in [-0.2, -0.15) is 31.4 Å². The number of hydrogen-bond donors (Lipinski definition) is 2. The summed E-state index contributed by atoms with van der Waals surface area (Å²) in [5.74, 6) is -1.11. The fraction of sp³-hybridized carbons (Fsp3) is 0.243. The largest absolute Gasteiger partial charge is 0.417 e. The first kappa shape index (κ1) is 38.5. The number of benzene rings is 3. The molecule has 12 nitrogen and oxygen atoms in total. The quantitative estimate of drug-likeness (QED) is 0.176. The number of carbonyl (C=O) groups excluding carboxylic acids is 2. The summed E-state index contributed by atoms with van der Waals surface area (Å²) in [6, 6.07) is 15.4. The van der Waals surface area contributed by atoms with E-state index in [0.29, 0.717) is 17.0 Å². The maximum Gasteiger partial charge on any atom is 0.417 e. The van der Waals surface area contributed by atoms with Crippen molar-refractivity contribution in [1.29, 1.82) is 0 Å². The average Bonchev–Trinajstić information content (AvgIpc) is 3.69. The molecule has 1 aliphatic rings. The lowest BCUT2D eigenvalue weighted by Crippen LogP contribution is -2.47. The molecule has 1 aliphatic heterocycles. The van der Waals surface area contributed by atoms with Crippen molar-refractivity contribution in [3.8, 4) is 17.1 Å². The molecule has 0 fully saturated rings. The predicted octanol–water partition coefficient (Wildman–Crippen LogP) is 6.12. The van der Waals surface area contributed by atoms with E-state index in [9.17, 15) is 45.8 Å². The van der Waals surface area contributed by atoms with Gasteiger partial charge in [0.25, 0.3) is 11.8 Å². The van der Waals surface area contributed by atoms with Gasteiger partial charge in [0, 0.05) is 58.7 Å². The Morgan fingerprint density at radius 2 is 1.73 bits per heavy atom. The molecule has 2 N–H and O–H groups in total. The van der Waals surface area contributed by atoms with Gasteiger partial charge >= 0.3 is 18.0 Å². The first-order chi connectivity index (χ1) is 26.5. The van der Waals surface area contributed by atoms with Gasteiger partial charge in [0.1, 0.15) is 5.69 Å². The van der Waals surface area contributed by atoms with Crippen LogP contribution in [0.5, 0.6) is 0 Å². The molecule has 19 heteroatoms. The Labute approximate surface area is 321 Å². The highest BCUT2D eigenvalue weighted by Gasteiger charge is 2.39. The van der Waals surface area contributed by atoms with Crippen LogP contribution in [0.1, 0.15) is 44.6 Å². The molecule has 0 unspecified atom stereocenters. The standard InChI is InChI=1S/C37H29BrF6N8O4/c1-20-16-51-29(18-50(20)34(55)21-7-9-27(38)26(14-21)36(39,40)41)31(33(54)47-15-22-5-2-3-6-25(22)32-45-11-4-12-46-32)52(35(51)56)24-8-10-28-23(13-24)17-49(48-28)19-30(53)37(42,43)44/h2-14,17,20,30,53H,15-16,18-19H2,1H3,(H,47,54)/t20-,30+/m0/s1. The van der Waals surface area contributed by atoms with E-state index < -0.39 is 54.1 Å². The maximum atomic E-state index is 14.3. The van der Waals surface area contributed by atoms with Crippen molar-refractivity contribution in [2.75, 3.05) is 0 Å². The van der Waals surface area contributed by atoms with Crippen LogP contribution in [-0.4, -0.2) is 69.0 Å². The average molecular weight is 844 g/mol. The molecule has 2 atom stereocenters. The highest BCUT2D eigenvalue weighted by atomic mass is 79.9. The van der Waals surface area contributed by atoms with Gasteiger partial charge < -0.3 is 15.3 Å². The van der Waals surface area contributed by atoms with E-state index in [1.165, 1.54) is 39.9 Å². The SMILES string of the molecule is C[C@H]1Cn2c(c(C(=O)NCc3ccccc3-c3ncccn3)n(-c3ccc4nn(C[C@@H](O)C(F)(F)F)cc4c3)c2=O)CN1C(=O)c1ccc(Br)c(C(F)(F)F)c1. The Morgan fingerprint density at radius 1 is 1.00 bits per heavy atom. The van der Waals surface area contributed by atoms with E-state index in [0.717, 1.165) is 21.4 Å². The number of imidazole rings is 1. The minimum Gasteiger partial charge on any atom is -0.382 e. The molecule has 0 bridgehead atoms. The number of alkyl halides is 6. The first-order valence-corrected chi connectivity index (χ1v) is 17.7. The van der Waals surface area contributed by atoms with Gasteiger partial charge in [-0.05, 0) is 55.0 Å². The molecule has 0 aliphatic carbocycles. The number of nitrogens with one attached hydrogen (secondary N) is 1. The molecule has 7 rings (SSSR count). The van der Waals surface area contributed by atoms with Crippen LogP contribution >= 0.6 is 15.9 Å². The summed E-state index contributed by atoms with van der Waals surface area (Å²) in [4.78, 5) is 52.3. The molecule has 0 saturated heterocycles. The van der Waals surface area contributed by atoms with Crippen LogP contribution in [0.3, 0.4) is 0 Å². The van der Waals surface area contributed by atoms with E-state index in [4.69, 9.17) is 0 Å². The molecule has 290 valence electrons. The Morgan fingerprint density at radius 3 is 2.45 bits per heavy atom. The lowest BCUT2D eigenvalue weighted by Gasteiger charge is -2.34. The lowest BCUT2D eigenvalue weighted by atomic mass is 10.1. The molecular weight excluding hydrogens is 814 g/mol. The third kappa shape index (κ3) is 7.43. The highest BCUT2D eigenvalue weighted by Crippen LogP contribution is 2.36. The topological polar surface area (TPSA) is 140 Å². The van der Waals surface area contributed by atoms with E-state index in [1.807, 2.05) is 0 Å². The van der Waals surface area contributed by atoms with Gasteiger partial charge in [-0.15, -0.1) is 0 Å². The van der Waals surface area contributed by atoms with Crippen molar-refractivity contribution in [1.82, 2.24) is 39.1 Å². The molecule has 0 saturated carbocycles. The summed E-state index contributed by atoms with van der Waals surface area (Å²) in [5, 5.41) is 16.8. The summed E-state index contributed by atoms with van der Waals surface area (Å²) in [6.07, 6.45) is -7.94. The monoisotopic (exact) mass is 842 g/mol. The summed E-state index contributed by atoms with van der Waals surface area (Å²) in [5.41, 5.74) is -0.443. The normalized spacial score (nSPS) is 15.2. The van der Waals surface area contributed by atoms with Crippen LogP contribution in [0.15, 0.2) is 94.6 Å². The van der Waals surface area contributed by atoms with Gasteiger partial charge in [0.15, 0.2) is 11.9 Å². The van der Waals surface area contributed by atoms with E-state index in [1.54, 1.807) is 49.6 Å². The summed E-state index contributed by atoms with van der Waals surface area (Å²) >= 11 is 2.89. The van der Waals surface area contributed by atoms with Crippen LogP contribution in [0, 0.1) is 0 Å². The summed E-state index contributed by atoms with van der Waals surface area (Å²) in [7, 11) is 0. The zero-order valence-corrected chi connectivity index (χ0v) is 30.6. The minimum atomic E-state index is -4.89. The Balaban J connectivity index is 1.30. The van der Waals surface area contributed by atoms with Crippen LogP contribution < -0.4 is 11.0 Å². The second-order valence-electron chi connectivity index (χ2n) is 13.1. The molecular formula is C37H29BrF6N8O4. The van der Waals surface area contributed by atoms with Crippen molar-refractivity contribution in [3.05, 3.63) is 128 Å². The maximum absolute atomic E-state index is 14.3. The first-order valence-electron chi connectivity index (χ1n) is 16.9. The Kier molecular flexibility index (Phi) is 10.1. The predicted molar refractivity (Wildman–Crippen MR) is 192 cm³/mol. The third-order valence-electron chi connectivity index (χ3n) is 9.33. The number of nitrogens with zero attached hydrogens (tertiary/aromatic N) is 7. The third-order valence-corrected chi connectivity index (χ3v) is 10.0. The number of aromatic nitrogens is 6. The van der Waals surface area contributed by atoms with Crippen molar-refractivity contribution in [3.63, 3.8) is 0 Å². The van der Waals surface area contributed by atoms with Gasteiger partial charge in [-0.1, -0.05) is 40.2 Å². The molecule has 0 spiro atoms. The number of hydrogen-bond acceptors (Lipinski definition) is 7. The molecule has 56 heavy (non-hydrogen) atoms. The van der Waals surface area contributed by atoms with Crippen LogP contribution in [-0.2, 0) is 32.4 Å². The molecule has 6 aromatic rings. The van der Waals surface area contributed by atoms with E-state index >= 15 is 0 Å². The number of carbonyl (C=O) groups is 2. The number of fused-ring (bicyclic) bond motifs is 2. The zero-order chi connectivity index (χ0) is 40.1. The lowest BCUT2D eigenvalue weighted by molar-refractivity contribution is -0.207. The van der Waals surface area contributed by atoms with Crippen LogP contribution in [0.2, 0.25) is 0 Å². The molecule has 3 aromatic heterocycles. The molecule has 4 heterocycles. The van der Waals surface area contributed by atoms with Crippen LogP contribution in [0.4, 0.5) is 26.3 Å². The fourth-order valence-electron chi connectivity index (χ4n) is 6.57. The second-order valence-corrected chi connectivity index (χ2v) is 13.9. The van der Waals surface area contributed by atoms with Crippen molar-refractivity contribution in [2.24, 2.45) is 0 Å². The number of aliphatic hydroxyl groups is 1. The summed E-state index contributed by atoms with van der Waals surface area (Å²) < 4.78 is 83.6. The number of amides is 2. The Bertz CT molecular complexity index is 2530. The highest BCUT2D eigenvalue weighted by molar-refractivity contribution is 9.10. The second kappa shape index (κ2) is 14.7. The number of halogens is 7. The zero-order valence-electron chi connectivity index (χ0n) is 29.0. The molecule has 2 amide bonds. The smallest absolute Gasteiger partial charge is 0.382 e. The van der Waals surface area contributed by atoms with Crippen molar-refractivity contribution in [2.45, 2.75) is 57.6 Å². The van der Waals surface area contributed by atoms with Gasteiger partial charge in [-0.25, -0.2) is 14.8 Å². The molecule has 3 aromatic carbocycles. The van der Waals surface area contributed by atoms with Gasteiger partial charge in [0.2, 0.25) is 0 Å². The fourth-order valence-corrected chi connectivity index (χ4v) is 7.04. The van der Waals surface area contributed by atoms with Gasteiger partial charge in [-0.3, -0.25) is 23.4 Å². The van der Waals surface area contributed by atoms with Crippen molar-refractivity contribution >= 4 is 38.6 Å². The number of aliphatic hydroxyl groups excluding tert-OH is 1. The van der Waals surface area contributed by atoms with Crippen LogP contribution in [0.25, 0.3) is 28.0 Å². The summed E-state index contributed by atoms with van der Waals surface area (Å²) in [6.45, 7) is 0.206. The van der Waals surface area contributed by atoms with E-state index in [2.05, 4.69) is 36.3 Å². The van der Waals surface area contributed by atoms with Gasteiger partial charge in [0.05, 0.1) is 35.6 Å². The van der Waals surface area contributed by atoms with E-state index in [-0.39, 0.29) is 57.6 Å². The minimum absolute atomic E-state index is 0.0580.